The van der Waals surface area contributed by atoms with Crippen molar-refractivity contribution in [3.8, 4) is 5.75 Å². The highest BCUT2D eigenvalue weighted by molar-refractivity contribution is 8.12. The number of esters is 1. The predicted octanol–water partition coefficient (Wildman–Crippen LogP) is 3.38. The average Bonchev–Trinajstić information content (AvgIpc) is 2.61. The van der Waals surface area contributed by atoms with E-state index in [0.717, 1.165) is 42.1 Å². The molecule has 1 aromatic rings. The number of benzene rings is 1. The Labute approximate surface area is 158 Å². The molecular formula is C15H16N2O7S2. The van der Waals surface area contributed by atoms with Crippen LogP contribution in [0, 0.1) is 10.1 Å². The molecule has 0 aliphatic rings. The zero-order chi connectivity index (χ0) is 19.7. The molecule has 0 aromatic heterocycles. The maximum atomic E-state index is 12.1. The number of allylic oxidation sites excluding steroid dienone is 1. The molecule has 0 spiro atoms. The molecule has 1 amide bonds. The Morgan fingerprint density at radius 1 is 1.31 bits per heavy atom. The number of carbonyl (C=O) groups is 3. The van der Waals surface area contributed by atoms with Crippen LogP contribution in [-0.2, 0) is 16.1 Å². The SMILES string of the molecule is CC=CC(=O)OCc1cc([N+](=O)[O-])cc(C=O)c1OC(=O)N(SC)SC. The van der Waals surface area contributed by atoms with Gasteiger partial charge in [-0.1, -0.05) is 6.08 Å². The molecule has 140 valence electrons. The van der Waals surface area contributed by atoms with Gasteiger partial charge in [0, 0.05) is 36.3 Å². The number of nitro groups is 1. The smallest absolute Gasteiger partial charge is 0.435 e. The van der Waals surface area contributed by atoms with E-state index >= 15 is 0 Å². The molecule has 9 nitrogen and oxygen atoms in total. The lowest BCUT2D eigenvalue weighted by atomic mass is 10.1. The largest absolute Gasteiger partial charge is 0.458 e. The van der Waals surface area contributed by atoms with E-state index in [2.05, 4.69) is 0 Å². The van der Waals surface area contributed by atoms with Gasteiger partial charge < -0.3 is 9.47 Å². The number of amides is 1. The number of ether oxygens (including phenoxy) is 2. The summed E-state index contributed by atoms with van der Waals surface area (Å²) < 4.78 is 11.4. The van der Waals surface area contributed by atoms with Crippen LogP contribution in [0.5, 0.6) is 5.75 Å². The zero-order valence-electron chi connectivity index (χ0n) is 14.2. The van der Waals surface area contributed by atoms with E-state index in [1.165, 1.54) is 9.79 Å². The van der Waals surface area contributed by atoms with Crippen molar-refractivity contribution in [1.29, 1.82) is 0 Å². The van der Waals surface area contributed by atoms with Crippen LogP contribution in [-0.4, -0.2) is 39.5 Å². The minimum Gasteiger partial charge on any atom is -0.458 e. The molecule has 1 rings (SSSR count). The highest BCUT2D eigenvalue weighted by atomic mass is 32.2. The van der Waals surface area contributed by atoms with Gasteiger partial charge in [-0.05, 0) is 30.8 Å². The minimum absolute atomic E-state index is 0.0228. The lowest BCUT2D eigenvalue weighted by Gasteiger charge is -2.17. The first kappa shape index (κ1) is 21.5. The average molecular weight is 400 g/mol. The molecule has 0 unspecified atom stereocenters. The monoisotopic (exact) mass is 400 g/mol. The van der Waals surface area contributed by atoms with Crippen molar-refractivity contribution in [2.75, 3.05) is 12.5 Å². The molecule has 0 aliphatic heterocycles. The maximum Gasteiger partial charge on any atom is 0.435 e. The van der Waals surface area contributed by atoms with E-state index in [9.17, 15) is 24.5 Å². The summed E-state index contributed by atoms with van der Waals surface area (Å²) in [5.41, 5.74) is -0.572. The van der Waals surface area contributed by atoms with Crippen LogP contribution >= 0.6 is 23.9 Å². The van der Waals surface area contributed by atoms with E-state index in [1.54, 1.807) is 19.4 Å². The summed E-state index contributed by atoms with van der Waals surface area (Å²) in [4.78, 5) is 45.3. The fourth-order valence-electron chi connectivity index (χ4n) is 1.80. The minimum atomic E-state index is -0.789. The Hall–Kier alpha value is -2.53. The van der Waals surface area contributed by atoms with Gasteiger partial charge in [-0.2, -0.15) is 3.71 Å². The number of nitrogens with zero attached hydrogens (tertiary/aromatic N) is 2. The summed E-state index contributed by atoms with van der Waals surface area (Å²) >= 11 is 2.16. The van der Waals surface area contributed by atoms with Gasteiger partial charge in [0.05, 0.1) is 10.5 Å². The third kappa shape index (κ3) is 5.77. The summed E-state index contributed by atoms with van der Waals surface area (Å²) in [5.74, 6) is -0.879. The van der Waals surface area contributed by atoms with E-state index in [-0.39, 0.29) is 16.9 Å². The standard InChI is InChI=1S/C15H16N2O7S2/c1-4-5-13(19)23-9-11-7-12(16(21)22)6-10(8-18)14(11)24-15(20)17(25-2)26-3/h4-8H,9H2,1-3H3. The topological polar surface area (TPSA) is 116 Å². The molecule has 0 bridgehead atoms. The molecule has 0 N–H and O–H groups in total. The molecule has 0 atom stereocenters. The fraction of sp³-hybridized carbons (Fsp3) is 0.267. The van der Waals surface area contributed by atoms with Crippen LogP contribution < -0.4 is 4.74 Å². The lowest BCUT2D eigenvalue weighted by Crippen LogP contribution is -2.22. The molecule has 0 radical (unpaired) electrons. The molecule has 11 heteroatoms. The third-order valence-electron chi connectivity index (χ3n) is 2.86. The van der Waals surface area contributed by atoms with Crippen molar-refractivity contribution >= 4 is 47.9 Å². The summed E-state index contributed by atoms with van der Waals surface area (Å²) in [5, 5.41) is 11.0. The van der Waals surface area contributed by atoms with E-state index in [1.807, 2.05) is 0 Å². The highest BCUT2D eigenvalue weighted by Crippen LogP contribution is 2.31. The first-order chi connectivity index (χ1) is 12.4. The van der Waals surface area contributed by atoms with Gasteiger partial charge in [-0.25, -0.2) is 9.59 Å². The van der Waals surface area contributed by atoms with Crippen LogP contribution in [0.15, 0.2) is 24.3 Å². The van der Waals surface area contributed by atoms with E-state index in [4.69, 9.17) is 9.47 Å². The van der Waals surface area contributed by atoms with Crippen molar-refractivity contribution in [2.24, 2.45) is 0 Å². The summed E-state index contributed by atoms with van der Waals surface area (Å²) in [6.45, 7) is 1.21. The van der Waals surface area contributed by atoms with Crippen LogP contribution in [0.25, 0.3) is 0 Å². The first-order valence-corrected chi connectivity index (χ1v) is 9.40. The molecule has 0 aliphatic carbocycles. The quantitative estimate of drug-likeness (QED) is 0.162. The van der Waals surface area contributed by atoms with Gasteiger partial charge in [0.1, 0.15) is 12.4 Å². The Bertz CT molecular complexity index is 733. The summed E-state index contributed by atoms with van der Waals surface area (Å²) in [7, 11) is 0. The molecule has 0 heterocycles. The van der Waals surface area contributed by atoms with Gasteiger partial charge in [-0.15, -0.1) is 0 Å². The van der Waals surface area contributed by atoms with Gasteiger partial charge >= 0.3 is 12.1 Å². The highest BCUT2D eigenvalue weighted by Gasteiger charge is 2.23. The Kier molecular flexibility index (Phi) is 8.65. The number of hydrogen-bond acceptors (Lipinski definition) is 9. The van der Waals surface area contributed by atoms with Gasteiger partial charge in [0.25, 0.3) is 5.69 Å². The Balaban J connectivity index is 3.30. The molecular weight excluding hydrogens is 384 g/mol. The molecule has 0 fully saturated rings. The van der Waals surface area contributed by atoms with Gasteiger partial charge in [0.15, 0.2) is 6.29 Å². The fourth-order valence-corrected chi connectivity index (χ4v) is 2.77. The van der Waals surface area contributed by atoms with E-state index < -0.39 is 29.3 Å². The number of hydrogen-bond donors (Lipinski definition) is 0. The van der Waals surface area contributed by atoms with Crippen molar-refractivity contribution in [2.45, 2.75) is 13.5 Å². The molecule has 26 heavy (non-hydrogen) atoms. The second-order valence-corrected chi connectivity index (χ2v) is 6.19. The van der Waals surface area contributed by atoms with Crippen molar-refractivity contribution < 1.29 is 28.8 Å². The molecule has 0 saturated carbocycles. The normalized spacial score (nSPS) is 10.4. The van der Waals surface area contributed by atoms with Gasteiger partial charge in [0.2, 0.25) is 0 Å². The summed E-state index contributed by atoms with van der Waals surface area (Å²) in [6, 6.07) is 2.07. The van der Waals surface area contributed by atoms with Crippen molar-refractivity contribution in [3.05, 3.63) is 45.5 Å². The second kappa shape index (κ2) is 10.5. The second-order valence-electron chi connectivity index (χ2n) is 4.50. The number of carbonyl (C=O) groups excluding carboxylic acids is 3. The van der Waals surface area contributed by atoms with Crippen LogP contribution in [0.4, 0.5) is 10.5 Å². The summed E-state index contributed by atoms with van der Waals surface area (Å²) in [6.07, 6.45) is 5.45. The van der Waals surface area contributed by atoms with Crippen molar-refractivity contribution in [3.63, 3.8) is 0 Å². The third-order valence-corrected chi connectivity index (χ3v) is 4.72. The van der Waals surface area contributed by atoms with Crippen LogP contribution in [0.3, 0.4) is 0 Å². The number of nitro benzene ring substituents is 1. The van der Waals surface area contributed by atoms with E-state index in [0.29, 0.717) is 6.29 Å². The van der Waals surface area contributed by atoms with Crippen molar-refractivity contribution in [1.82, 2.24) is 3.71 Å². The predicted molar refractivity (Wildman–Crippen MR) is 98.0 cm³/mol. The zero-order valence-corrected chi connectivity index (χ0v) is 15.8. The van der Waals surface area contributed by atoms with Gasteiger partial charge in [-0.3, -0.25) is 14.9 Å². The number of rotatable bonds is 8. The number of non-ortho nitro benzene ring substituents is 1. The Morgan fingerprint density at radius 2 is 1.96 bits per heavy atom. The molecule has 1 aromatic carbocycles. The van der Waals surface area contributed by atoms with Crippen LogP contribution in [0.2, 0.25) is 0 Å². The first-order valence-electron chi connectivity index (χ1n) is 7.04. The van der Waals surface area contributed by atoms with Crippen LogP contribution in [0.1, 0.15) is 22.8 Å². The molecule has 0 saturated heterocycles. The Morgan fingerprint density at radius 3 is 2.46 bits per heavy atom. The number of aldehydes is 1. The maximum absolute atomic E-state index is 12.1. The lowest BCUT2D eigenvalue weighted by molar-refractivity contribution is -0.385.